The summed E-state index contributed by atoms with van der Waals surface area (Å²) >= 11 is 0. The number of anilines is 1. The monoisotopic (exact) mass is 457 g/mol. The molecule has 0 spiro atoms. The minimum atomic E-state index is -0.679. The zero-order chi connectivity index (χ0) is 23.1. The number of pyridine rings is 1. The minimum absolute atomic E-state index is 0.0887. The van der Waals surface area contributed by atoms with Gasteiger partial charge >= 0.3 is 5.63 Å². The Kier molecular flexibility index (Phi) is 3.55. The molecule has 5 heterocycles. The summed E-state index contributed by atoms with van der Waals surface area (Å²) in [6, 6.07) is 9.16. The molecule has 7 aromatic rings. The van der Waals surface area contributed by atoms with E-state index in [1.54, 1.807) is 18.2 Å². The highest BCUT2D eigenvalue weighted by Gasteiger charge is 2.24. The molecule has 0 unspecified atom stereocenters. The Balaban J connectivity index is 1.66. The number of nitrogen functional groups attached to an aromatic ring is 1. The summed E-state index contributed by atoms with van der Waals surface area (Å²) in [7, 11) is 0. The predicted molar refractivity (Wildman–Crippen MR) is 123 cm³/mol. The Morgan fingerprint density at radius 2 is 1.94 bits per heavy atom. The van der Waals surface area contributed by atoms with Crippen LogP contribution in [0.15, 0.2) is 62.5 Å². The molecule has 10 heteroatoms. The van der Waals surface area contributed by atoms with E-state index in [-0.39, 0.29) is 40.1 Å². The lowest BCUT2D eigenvalue weighted by Gasteiger charge is -2.09. The van der Waals surface area contributed by atoms with Gasteiger partial charge in [-0.15, -0.1) is 0 Å². The average molecular weight is 457 g/mol. The second-order valence-corrected chi connectivity index (χ2v) is 8.07. The van der Waals surface area contributed by atoms with Gasteiger partial charge in [-0.2, -0.15) is 5.10 Å². The second kappa shape index (κ2) is 6.41. The molecule has 0 bridgehead atoms. The van der Waals surface area contributed by atoms with Gasteiger partial charge in [0.05, 0.1) is 34.6 Å². The number of nitrogens with zero attached hydrogens (tertiary/aromatic N) is 3. The van der Waals surface area contributed by atoms with Crippen LogP contribution in [0, 0.1) is 11.6 Å². The number of rotatable bonds is 2. The van der Waals surface area contributed by atoms with Crippen molar-refractivity contribution in [3.05, 3.63) is 76.5 Å². The van der Waals surface area contributed by atoms with Crippen LogP contribution in [0.4, 0.5) is 14.6 Å². The maximum absolute atomic E-state index is 15.1. The van der Waals surface area contributed by atoms with Crippen LogP contribution in [0.1, 0.15) is 5.56 Å². The van der Waals surface area contributed by atoms with Crippen LogP contribution in [0.25, 0.3) is 54.8 Å². The van der Waals surface area contributed by atoms with Gasteiger partial charge < -0.3 is 19.1 Å². The highest BCUT2D eigenvalue weighted by atomic mass is 19.1. The lowest BCUT2D eigenvalue weighted by atomic mass is 10.1. The highest BCUT2D eigenvalue weighted by molar-refractivity contribution is 6.25. The first-order valence-corrected chi connectivity index (χ1v) is 10.3. The van der Waals surface area contributed by atoms with Crippen molar-refractivity contribution in [2.24, 2.45) is 0 Å². The number of fused-ring (bicyclic) bond motifs is 8. The molecule has 0 atom stereocenters. The number of nitrogens with one attached hydrogen (secondary N) is 1. The molecule has 0 aliphatic carbocycles. The van der Waals surface area contributed by atoms with Crippen LogP contribution in [0.3, 0.4) is 0 Å². The number of aromatic amines is 1. The Morgan fingerprint density at radius 1 is 1.06 bits per heavy atom. The Labute approximate surface area is 187 Å². The number of nitrogens with two attached hydrogens (primary N) is 1. The number of aromatic nitrogens is 4. The fourth-order valence-electron chi connectivity index (χ4n) is 4.74. The summed E-state index contributed by atoms with van der Waals surface area (Å²) in [6.07, 6.45) is 2.90. The normalized spacial score (nSPS) is 12.2. The van der Waals surface area contributed by atoms with Crippen LogP contribution in [-0.4, -0.2) is 19.7 Å². The Hall–Kier alpha value is -4.73. The minimum Gasteiger partial charge on any atom is -0.463 e. The number of H-pyrrole nitrogens is 1. The molecular weight excluding hydrogens is 444 g/mol. The van der Waals surface area contributed by atoms with E-state index in [1.165, 1.54) is 35.2 Å². The van der Waals surface area contributed by atoms with Gasteiger partial charge in [0.15, 0.2) is 5.82 Å². The first-order chi connectivity index (χ1) is 16.5. The summed E-state index contributed by atoms with van der Waals surface area (Å²) in [6.45, 7) is -0.0887. The van der Waals surface area contributed by atoms with Gasteiger partial charge in [-0.1, -0.05) is 0 Å². The number of benzene rings is 2. The molecule has 34 heavy (non-hydrogen) atoms. The molecule has 5 aromatic heterocycles. The van der Waals surface area contributed by atoms with E-state index in [0.29, 0.717) is 32.6 Å². The molecule has 0 fully saturated rings. The van der Waals surface area contributed by atoms with E-state index in [4.69, 9.17) is 14.6 Å². The maximum Gasteiger partial charge on any atom is 0.362 e. The van der Waals surface area contributed by atoms with Crippen LogP contribution in [0.2, 0.25) is 0 Å². The summed E-state index contributed by atoms with van der Waals surface area (Å²) in [5.41, 5.74) is 6.84. The quantitative estimate of drug-likeness (QED) is 0.384. The maximum atomic E-state index is 15.1. The zero-order valence-corrected chi connectivity index (χ0v) is 17.2. The number of hydrogen-bond donors (Lipinski definition) is 2. The third-order valence-corrected chi connectivity index (χ3v) is 6.23. The third kappa shape index (κ3) is 2.36. The topological polar surface area (TPSA) is 116 Å². The van der Waals surface area contributed by atoms with E-state index >= 15 is 8.78 Å². The second-order valence-electron chi connectivity index (χ2n) is 8.07. The third-order valence-electron chi connectivity index (χ3n) is 6.23. The van der Waals surface area contributed by atoms with E-state index in [0.717, 1.165) is 0 Å². The van der Waals surface area contributed by atoms with Gasteiger partial charge in [0.2, 0.25) is 5.71 Å². The van der Waals surface area contributed by atoms with Crippen molar-refractivity contribution in [2.45, 2.75) is 6.54 Å². The lowest BCUT2D eigenvalue weighted by Crippen LogP contribution is -2.09. The van der Waals surface area contributed by atoms with E-state index < -0.39 is 17.3 Å². The van der Waals surface area contributed by atoms with E-state index in [2.05, 4.69) is 15.2 Å². The molecule has 2 aromatic carbocycles. The zero-order valence-electron chi connectivity index (χ0n) is 17.2. The molecular formula is C24H13F2N5O3. The van der Waals surface area contributed by atoms with Gasteiger partial charge in [0, 0.05) is 27.9 Å². The van der Waals surface area contributed by atoms with Crippen molar-refractivity contribution in [1.82, 2.24) is 19.7 Å². The van der Waals surface area contributed by atoms with Crippen molar-refractivity contribution in [3.63, 3.8) is 0 Å². The smallest absolute Gasteiger partial charge is 0.362 e. The molecule has 7 rings (SSSR count). The molecule has 3 N–H and O–H groups in total. The van der Waals surface area contributed by atoms with Crippen molar-refractivity contribution in [2.75, 3.05) is 5.73 Å². The SMILES string of the molecule is Nc1n[nH]c2cc(F)c(Cn3c4cc(F)c5ccoc5c4c4c5cccnc5oc(=O)c43)cc12. The number of hydrogen-bond acceptors (Lipinski definition) is 6. The molecule has 0 radical (unpaired) electrons. The van der Waals surface area contributed by atoms with Crippen LogP contribution < -0.4 is 11.4 Å². The average Bonchev–Trinajstić information content (AvgIpc) is 3.52. The largest absolute Gasteiger partial charge is 0.463 e. The summed E-state index contributed by atoms with van der Waals surface area (Å²) in [4.78, 5) is 17.3. The van der Waals surface area contributed by atoms with Crippen LogP contribution in [-0.2, 0) is 6.54 Å². The summed E-state index contributed by atoms with van der Waals surface area (Å²) < 4.78 is 42.7. The fraction of sp³-hybridized carbons (Fsp3) is 0.0417. The fourth-order valence-corrected chi connectivity index (χ4v) is 4.74. The van der Waals surface area contributed by atoms with Gasteiger partial charge in [0.1, 0.15) is 22.7 Å². The first kappa shape index (κ1) is 18.8. The molecule has 0 aliphatic rings. The lowest BCUT2D eigenvalue weighted by molar-refractivity contribution is 0.552. The van der Waals surface area contributed by atoms with Crippen molar-refractivity contribution in [1.29, 1.82) is 0 Å². The molecule has 0 aliphatic heterocycles. The Morgan fingerprint density at radius 3 is 2.82 bits per heavy atom. The van der Waals surface area contributed by atoms with E-state index in [9.17, 15) is 4.79 Å². The number of furan rings is 1. The molecule has 0 amide bonds. The predicted octanol–water partition coefficient (Wildman–Crippen LogP) is 4.83. The molecule has 166 valence electrons. The number of halogens is 2. The molecule has 0 saturated carbocycles. The van der Waals surface area contributed by atoms with Gasteiger partial charge in [-0.05, 0) is 36.4 Å². The van der Waals surface area contributed by atoms with E-state index in [1.807, 2.05) is 0 Å². The first-order valence-electron chi connectivity index (χ1n) is 10.3. The highest BCUT2D eigenvalue weighted by Crippen LogP contribution is 2.39. The van der Waals surface area contributed by atoms with Crippen molar-refractivity contribution in [3.8, 4) is 0 Å². The summed E-state index contributed by atoms with van der Waals surface area (Å²) in [5.74, 6) is -0.835. The molecule has 0 saturated heterocycles. The van der Waals surface area contributed by atoms with Crippen LogP contribution in [0.5, 0.6) is 0 Å². The Bertz CT molecular complexity index is 2010. The van der Waals surface area contributed by atoms with Gasteiger partial charge in [-0.25, -0.2) is 18.6 Å². The standard InChI is InChI=1S/C24H13F2N5O3/c25-14-7-16-13(22(27)30-29-16)6-10(14)9-31-17-8-15(26)11-3-5-33-21(11)19(17)18-12-2-1-4-28-23(12)34-24(32)20(18)31/h1-8H,9H2,(H3,27,29,30). The van der Waals surface area contributed by atoms with Crippen LogP contribution >= 0.6 is 0 Å². The van der Waals surface area contributed by atoms with Crippen molar-refractivity contribution < 1.29 is 17.6 Å². The molecule has 8 nitrogen and oxygen atoms in total. The van der Waals surface area contributed by atoms with Gasteiger partial charge in [-0.3, -0.25) is 5.10 Å². The van der Waals surface area contributed by atoms with Crippen molar-refractivity contribution >= 4 is 60.6 Å². The van der Waals surface area contributed by atoms with Gasteiger partial charge in [0.25, 0.3) is 0 Å². The summed E-state index contributed by atoms with van der Waals surface area (Å²) in [5, 5.41) is 8.97.